The minimum atomic E-state index is -5.52. The van der Waals surface area contributed by atoms with Crippen molar-refractivity contribution in [2.75, 3.05) is 0 Å². The Bertz CT molecular complexity index is 90.7. The second kappa shape index (κ2) is 2.53. The van der Waals surface area contributed by atoms with Crippen molar-refractivity contribution in [2.24, 2.45) is 0 Å². The molecule has 0 atom stereocenters. The fourth-order valence-corrected chi connectivity index (χ4v) is 0. The van der Waals surface area contributed by atoms with Gasteiger partial charge in [0, 0.05) is 0 Å². The average molecular weight is 207 g/mol. The van der Waals surface area contributed by atoms with Crippen molar-refractivity contribution in [3.05, 3.63) is 0 Å². The molecule has 0 aromatic carbocycles. The number of rotatable bonds is 0. The number of hydrogen-bond donors (Lipinski definition) is 2. The SMILES string of the molecule is B.O=[Te](=O)(O)O. The van der Waals surface area contributed by atoms with Crippen molar-refractivity contribution < 1.29 is 13.2 Å². The quantitative estimate of drug-likeness (QED) is 0.418. The summed E-state index contributed by atoms with van der Waals surface area (Å²) >= 11 is -5.52. The van der Waals surface area contributed by atoms with Crippen LogP contribution in [0.1, 0.15) is 0 Å². The van der Waals surface area contributed by atoms with Gasteiger partial charge in [-0.25, -0.2) is 0 Å². The summed E-state index contributed by atoms with van der Waals surface area (Å²) in [5, 5.41) is 0. The van der Waals surface area contributed by atoms with Gasteiger partial charge in [-0.15, -0.1) is 0 Å². The van der Waals surface area contributed by atoms with Gasteiger partial charge in [0.25, 0.3) is 0 Å². The predicted octanol–water partition coefficient (Wildman–Crippen LogP) is -2.92. The standard InChI is InChI=1S/BH3.H2O4Te/c;1-5(2,3)4/h1H3;(H2,1,2,3,4). The van der Waals surface area contributed by atoms with Gasteiger partial charge in [0.15, 0.2) is 0 Å². The molecule has 2 N–H and O–H groups in total. The van der Waals surface area contributed by atoms with E-state index in [0.717, 1.165) is 0 Å². The van der Waals surface area contributed by atoms with Crippen molar-refractivity contribution in [1.82, 2.24) is 0 Å². The van der Waals surface area contributed by atoms with Crippen molar-refractivity contribution in [2.45, 2.75) is 0 Å². The van der Waals surface area contributed by atoms with E-state index < -0.39 is 19.0 Å². The van der Waals surface area contributed by atoms with Crippen LogP contribution < -0.4 is 0 Å². The molecule has 38 valence electrons. The van der Waals surface area contributed by atoms with Gasteiger partial charge < -0.3 is 0 Å². The van der Waals surface area contributed by atoms with Gasteiger partial charge in [-0.05, 0) is 0 Å². The Kier molecular flexibility index (Phi) is 4.06. The molecule has 6 heavy (non-hydrogen) atoms. The van der Waals surface area contributed by atoms with E-state index in [1.165, 1.54) is 0 Å². The van der Waals surface area contributed by atoms with Crippen LogP contribution in [0, 0.1) is 0 Å². The van der Waals surface area contributed by atoms with Gasteiger partial charge >= 0.3 is 32.1 Å². The molecule has 0 aliphatic rings. The van der Waals surface area contributed by atoms with Crippen LogP contribution in [0.2, 0.25) is 0 Å². The first-order chi connectivity index (χ1) is 2.00. The van der Waals surface area contributed by atoms with E-state index >= 15 is 0 Å². The molecule has 0 fully saturated rings. The molecule has 0 aliphatic heterocycles. The molecule has 0 amide bonds. The zero-order valence-electron chi connectivity index (χ0n) is 2.12. The first kappa shape index (κ1) is 9.62. The second-order valence-corrected chi connectivity index (χ2v) is 3.00. The van der Waals surface area contributed by atoms with E-state index in [2.05, 4.69) is 0 Å². The molecular formula is H5BO4Te. The fraction of sp³-hybridized carbons (Fsp3) is 0. The van der Waals surface area contributed by atoms with Crippen LogP contribution in [0.25, 0.3) is 0 Å². The monoisotopic (exact) mass is 210 g/mol. The van der Waals surface area contributed by atoms with Crippen molar-refractivity contribution >= 4 is 27.4 Å². The number of hydrogen-bond acceptors (Lipinski definition) is 2. The molecule has 0 spiro atoms. The minimum absolute atomic E-state index is 0. The van der Waals surface area contributed by atoms with Crippen molar-refractivity contribution in [1.29, 1.82) is 0 Å². The van der Waals surface area contributed by atoms with Gasteiger partial charge in [-0.2, -0.15) is 0 Å². The van der Waals surface area contributed by atoms with Gasteiger partial charge in [0.1, 0.15) is 0 Å². The zero-order valence-corrected chi connectivity index (χ0v) is 4.45. The summed E-state index contributed by atoms with van der Waals surface area (Å²) in [5.74, 6) is 0. The van der Waals surface area contributed by atoms with Gasteiger partial charge in [0.2, 0.25) is 0 Å². The van der Waals surface area contributed by atoms with Gasteiger partial charge in [-0.3, -0.25) is 0 Å². The molecule has 0 aliphatic carbocycles. The summed E-state index contributed by atoms with van der Waals surface area (Å²) in [6.45, 7) is 0. The molecule has 0 heterocycles. The molecule has 0 saturated carbocycles. The Morgan fingerprint density at radius 1 is 1.17 bits per heavy atom. The van der Waals surface area contributed by atoms with E-state index in [1.807, 2.05) is 0 Å². The molecule has 0 radical (unpaired) electrons. The third kappa shape index (κ3) is 355. The van der Waals surface area contributed by atoms with E-state index in [1.54, 1.807) is 0 Å². The van der Waals surface area contributed by atoms with E-state index in [-0.39, 0.29) is 8.41 Å². The summed E-state index contributed by atoms with van der Waals surface area (Å²) in [6, 6.07) is 0. The second-order valence-electron chi connectivity index (χ2n) is 0.448. The molecule has 0 aromatic heterocycles. The Balaban J connectivity index is 0. The average Bonchev–Trinajstić information content (AvgIpc) is 0.722. The van der Waals surface area contributed by atoms with Crippen molar-refractivity contribution in [3.63, 3.8) is 0 Å². The van der Waals surface area contributed by atoms with E-state index in [4.69, 9.17) is 13.2 Å². The van der Waals surface area contributed by atoms with E-state index in [9.17, 15) is 0 Å². The molecule has 0 rings (SSSR count). The molecule has 0 saturated heterocycles. The summed E-state index contributed by atoms with van der Waals surface area (Å²) in [7, 11) is 0. The van der Waals surface area contributed by atoms with Gasteiger partial charge in [-0.1, -0.05) is 0 Å². The fourth-order valence-electron chi connectivity index (χ4n) is 0. The molecule has 0 bridgehead atoms. The van der Waals surface area contributed by atoms with Crippen LogP contribution in [0.5, 0.6) is 0 Å². The zero-order chi connectivity index (χ0) is 4.50. The van der Waals surface area contributed by atoms with Crippen LogP contribution >= 0.6 is 0 Å². The Hall–Kier alpha value is 0.375. The topological polar surface area (TPSA) is 74.6 Å². The molecule has 4 nitrogen and oxygen atoms in total. The van der Waals surface area contributed by atoms with Crippen LogP contribution in [0.3, 0.4) is 0 Å². The molecule has 6 heteroatoms. The summed E-state index contributed by atoms with van der Waals surface area (Å²) < 4.78 is 32.0. The van der Waals surface area contributed by atoms with Crippen LogP contribution in [0.4, 0.5) is 0 Å². The van der Waals surface area contributed by atoms with Crippen molar-refractivity contribution in [3.8, 4) is 0 Å². The summed E-state index contributed by atoms with van der Waals surface area (Å²) in [4.78, 5) is 0. The third-order valence-corrected chi connectivity index (χ3v) is 0. The van der Waals surface area contributed by atoms with E-state index in [0.29, 0.717) is 0 Å². The Morgan fingerprint density at radius 3 is 1.17 bits per heavy atom. The van der Waals surface area contributed by atoms with Gasteiger partial charge in [0.05, 0.1) is 8.41 Å². The maximum atomic E-state index is 8.85. The van der Waals surface area contributed by atoms with Crippen LogP contribution in [0.15, 0.2) is 0 Å². The first-order valence-electron chi connectivity index (χ1n) is 0.698. The maximum absolute atomic E-state index is 8.85. The van der Waals surface area contributed by atoms with Crippen LogP contribution in [-0.4, -0.2) is 34.3 Å². The van der Waals surface area contributed by atoms with Crippen LogP contribution in [-0.2, 0) is 6.21 Å². The Morgan fingerprint density at radius 2 is 1.17 bits per heavy atom. The third-order valence-electron chi connectivity index (χ3n) is 0. The molecule has 0 unspecified atom stereocenters. The first-order valence-corrected chi connectivity index (χ1v) is 4.69. The molecular weight excluding hydrogens is 202 g/mol. The normalized spacial score (nSPS) is 9.67. The predicted molar refractivity (Wildman–Crippen MR) is 21.5 cm³/mol. The molecule has 0 aromatic rings. The Labute approximate surface area is 41.0 Å². The summed E-state index contributed by atoms with van der Waals surface area (Å²) in [5.41, 5.74) is 0. The summed E-state index contributed by atoms with van der Waals surface area (Å²) in [6.07, 6.45) is 0.